The maximum Gasteiger partial charge on any atom is 0.163 e. The van der Waals surface area contributed by atoms with Crippen molar-refractivity contribution in [1.82, 2.24) is 14.8 Å². The van der Waals surface area contributed by atoms with Gasteiger partial charge in [-0.25, -0.2) is 0 Å². The molecule has 0 radical (unpaired) electrons. The minimum Gasteiger partial charge on any atom is -0.376 e. The predicted molar refractivity (Wildman–Crippen MR) is 114 cm³/mol. The molecule has 144 valence electrons. The average Bonchev–Trinajstić information content (AvgIpc) is 3.18. The quantitative estimate of drug-likeness (QED) is 0.496. The van der Waals surface area contributed by atoms with Gasteiger partial charge >= 0.3 is 0 Å². The van der Waals surface area contributed by atoms with Gasteiger partial charge in [-0.2, -0.15) is 0 Å². The Morgan fingerprint density at radius 3 is 2.48 bits per heavy atom. The maximum atomic E-state index is 6.49. The minimum atomic E-state index is 0.370. The van der Waals surface area contributed by atoms with E-state index in [1.807, 2.05) is 60.7 Å². The van der Waals surface area contributed by atoms with Crippen LogP contribution in [0.25, 0.3) is 16.8 Å². The molecule has 0 saturated carbocycles. The number of hydrogen-bond donors (Lipinski definition) is 1. The molecule has 0 unspecified atom stereocenters. The van der Waals surface area contributed by atoms with E-state index in [4.69, 9.17) is 16.3 Å². The molecule has 1 aliphatic heterocycles. The van der Waals surface area contributed by atoms with Gasteiger partial charge in [-0.1, -0.05) is 72.3 Å². The third-order valence-corrected chi connectivity index (χ3v) is 5.19. The van der Waals surface area contributed by atoms with Crippen molar-refractivity contribution >= 4 is 17.3 Å². The van der Waals surface area contributed by atoms with Crippen molar-refractivity contribution in [3.05, 3.63) is 95.0 Å². The topological polar surface area (TPSA) is 52.0 Å². The van der Waals surface area contributed by atoms with Gasteiger partial charge in [0.1, 0.15) is 6.61 Å². The molecule has 3 aromatic carbocycles. The summed E-state index contributed by atoms with van der Waals surface area (Å²) in [6.45, 7) is 1.49. The Morgan fingerprint density at radius 2 is 1.69 bits per heavy atom. The van der Waals surface area contributed by atoms with E-state index in [1.54, 1.807) is 0 Å². The van der Waals surface area contributed by atoms with Crippen LogP contribution in [0.15, 0.2) is 72.8 Å². The third-order valence-electron chi connectivity index (χ3n) is 4.97. The SMILES string of the molecule is Clc1cc(-c2ccccc2)c2c(c1)-n1c(nnc1COCc1ccccc1)CN2. The van der Waals surface area contributed by atoms with E-state index < -0.39 is 0 Å². The normalized spacial score (nSPS) is 12.2. The molecule has 1 N–H and O–H groups in total. The van der Waals surface area contributed by atoms with Crippen LogP contribution < -0.4 is 5.32 Å². The molecule has 0 amide bonds. The van der Waals surface area contributed by atoms with Crippen LogP contribution in [0.4, 0.5) is 5.69 Å². The number of halogens is 1. The number of hydrogen-bond acceptors (Lipinski definition) is 4. The van der Waals surface area contributed by atoms with Crippen LogP contribution in [-0.4, -0.2) is 14.8 Å². The lowest BCUT2D eigenvalue weighted by Crippen LogP contribution is -2.18. The van der Waals surface area contributed by atoms with Crippen molar-refractivity contribution in [2.45, 2.75) is 19.8 Å². The van der Waals surface area contributed by atoms with E-state index in [-0.39, 0.29) is 0 Å². The monoisotopic (exact) mass is 402 g/mol. The van der Waals surface area contributed by atoms with E-state index in [9.17, 15) is 0 Å². The van der Waals surface area contributed by atoms with Crippen molar-refractivity contribution in [1.29, 1.82) is 0 Å². The molecule has 5 nitrogen and oxygen atoms in total. The van der Waals surface area contributed by atoms with Crippen molar-refractivity contribution < 1.29 is 4.74 Å². The molecule has 4 aromatic rings. The summed E-state index contributed by atoms with van der Waals surface area (Å²) in [6.07, 6.45) is 0. The molecule has 0 atom stereocenters. The van der Waals surface area contributed by atoms with Gasteiger partial charge in [0.05, 0.1) is 24.5 Å². The molecule has 5 rings (SSSR count). The standard InChI is InChI=1S/C23H19ClN4O/c24-18-11-19(17-9-5-2-6-10-17)23-20(12-18)28-21(13-25-23)26-27-22(28)15-29-14-16-7-3-1-4-8-16/h1-12,25H,13-15H2. The van der Waals surface area contributed by atoms with E-state index in [1.165, 1.54) is 0 Å². The lowest BCUT2D eigenvalue weighted by molar-refractivity contribution is 0.100. The predicted octanol–water partition coefficient (Wildman–Crippen LogP) is 5.23. The lowest BCUT2D eigenvalue weighted by atomic mass is 10.0. The highest BCUT2D eigenvalue weighted by Gasteiger charge is 2.24. The minimum absolute atomic E-state index is 0.370. The third kappa shape index (κ3) is 3.50. The van der Waals surface area contributed by atoms with E-state index in [0.29, 0.717) is 24.8 Å². The zero-order chi connectivity index (χ0) is 19.6. The number of ether oxygens (including phenoxy) is 1. The van der Waals surface area contributed by atoms with Gasteiger partial charge in [-0.3, -0.25) is 4.57 Å². The Balaban J connectivity index is 1.49. The Kier molecular flexibility index (Phi) is 4.76. The molecule has 0 bridgehead atoms. The molecular formula is C23H19ClN4O. The number of anilines is 1. The fourth-order valence-corrected chi connectivity index (χ4v) is 3.85. The summed E-state index contributed by atoms with van der Waals surface area (Å²) in [4.78, 5) is 0. The Hall–Kier alpha value is -3.15. The molecule has 0 saturated heterocycles. The zero-order valence-corrected chi connectivity index (χ0v) is 16.4. The first-order chi connectivity index (χ1) is 14.3. The van der Waals surface area contributed by atoms with Gasteiger partial charge in [0, 0.05) is 10.6 Å². The van der Waals surface area contributed by atoms with Crippen LogP contribution in [0.1, 0.15) is 17.2 Å². The Labute approximate surface area is 173 Å². The van der Waals surface area contributed by atoms with E-state index >= 15 is 0 Å². The van der Waals surface area contributed by atoms with Crippen LogP contribution in [0.5, 0.6) is 0 Å². The van der Waals surface area contributed by atoms with Crippen molar-refractivity contribution in [3.63, 3.8) is 0 Å². The number of nitrogens with zero attached hydrogens (tertiary/aromatic N) is 3. The summed E-state index contributed by atoms with van der Waals surface area (Å²) in [6, 6.07) is 24.3. The first-order valence-electron chi connectivity index (χ1n) is 9.47. The Morgan fingerprint density at radius 1 is 0.931 bits per heavy atom. The van der Waals surface area contributed by atoms with Gasteiger partial charge in [0.25, 0.3) is 0 Å². The number of fused-ring (bicyclic) bond motifs is 3. The van der Waals surface area contributed by atoms with Crippen LogP contribution in [0, 0.1) is 0 Å². The largest absolute Gasteiger partial charge is 0.376 e. The number of benzene rings is 3. The average molecular weight is 403 g/mol. The van der Waals surface area contributed by atoms with Crippen LogP contribution in [0.2, 0.25) is 5.02 Å². The molecule has 0 aliphatic carbocycles. The molecular weight excluding hydrogens is 384 g/mol. The Bertz CT molecular complexity index is 1140. The number of nitrogens with one attached hydrogen (secondary N) is 1. The summed E-state index contributed by atoms with van der Waals surface area (Å²) in [5.41, 5.74) is 5.27. The molecule has 0 spiro atoms. The summed E-state index contributed by atoms with van der Waals surface area (Å²) >= 11 is 6.49. The van der Waals surface area contributed by atoms with Crippen molar-refractivity contribution in [2.24, 2.45) is 0 Å². The molecule has 2 heterocycles. The van der Waals surface area contributed by atoms with Crippen LogP contribution in [-0.2, 0) is 24.5 Å². The fourth-order valence-electron chi connectivity index (χ4n) is 3.64. The summed E-state index contributed by atoms with van der Waals surface area (Å²) in [5.74, 6) is 1.61. The van der Waals surface area contributed by atoms with Gasteiger partial charge in [0.15, 0.2) is 11.6 Å². The van der Waals surface area contributed by atoms with Gasteiger partial charge in [0.2, 0.25) is 0 Å². The lowest BCUT2D eigenvalue weighted by Gasteiger charge is -2.24. The molecule has 6 heteroatoms. The smallest absolute Gasteiger partial charge is 0.163 e. The number of aromatic nitrogens is 3. The van der Waals surface area contributed by atoms with Crippen LogP contribution in [0.3, 0.4) is 0 Å². The van der Waals surface area contributed by atoms with Crippen molar-refractivity contribution in [2.75, 3.05) is 5.32 Å². The van der Waals surface area contributed by atoms with Crippen molar-refractivity contribution in [3.8, 4) is 16.8 Å². The van der Waals surface area contributed by atoms with E-state index in [2.05, 4.69) is 32.2 Å². The molecule has 0 fully saturated rings. The highest BCUT2D eigenvalue weighted by Crippen LogP contribution is 2.39. The summed E-state index contributed by atoms with van der Waals surface area (Å²) < 4.78 is 7.96. The second-order valence-electron chi connectivity index (χ2n) is 6.91. The van der Waals surface area contributed by atoms with Gasteiger partial charge in [-0.15, -0.1) is 10.2 Å². The van der Waals surface area contributed by atoms with Crippen LogP contribution >= 0.6 is 11.6 Å². The molecule has 29 heavy (non-hydrogen) atoms. The highest BCUT2D eigenvalue weighted by atomic mass is 35.5. The van der Waals surface area contributed by atoms with Gasteiger partial charge in [-0.05, 0) is 23.3 Å². The molecule has 1 aromatic heterocycles. The second-order valence-corrected chi connectivity index (χ2v) is 7.35. The highest BCUT2D eigenvalue weighted by molar-refractivity contribution is 6.31. The maximum absolute atomic E-state index is 6.49. The summed E-state index contributed by atoms with van der Waals surface area (Å²) in [7, 11) is 0. The number of rotatable bonds is 5. The zero-order valence-electron chi connectivity index (χ0n) is 15.7. The first-order valence-corrected chi connectivity index (χ1v) is 9.85. The summed E-state index contributed by atoms with van der Waals surface area (Å²) in [5, 5.41) is 12.9. The first kappa shape index (κ1) is 17.9. The fraction of sp³-hybridized carbons (Fsp3) is 0.130. The second kappa shape index (κ2) is 7.70. The van der Waals surface area contributed by atoms with Gasteiger partial charge < -0.3 is 10.1 Å². The van der Waals surface area contributed by atoms with E-state index in [0.717, 1.165) is 39.7 Å². The molecule has 1 aliphatic rings.